The van der Waals surface area contributed by atoms with Crippen LogP contribution in [-0.4, -0.2) is 5.78 Å². The molecule has 1 aromatic rings. The molecule has 0 aromatic heterocycles. The Kier molecular flexibility index (Phi) is 3.35. The van der Waals surface area contributed by atoms with E-state index in [0.717, 1.165) is 12.8 Å². The Hall–Kier alpha value is -1.53. The van der Waals surface area contributed by atoms with E-state index in [0.29, 0.717) is 23.4 Å². The number of nitrogens with one attached hydrogen (secondary N) is 1. The highest BCUT2D eigenvalue weighted by molar-refractivity contribution is 6.31. The summed E-state index contributed by atoms with van der Waals surface area (Å²) in [5.41, 5.74) is -0.196. The zero-order chi connectivity index (χ0) is 12.3. The molecule has 1 aromatic carbocycles. The van der Waals surface area contributed by atoms with E-state index in [4.69, 9.17) is 16.9 Å². The molecule has 88 valence electrons. The van der Waals surface area contributed by atoms with Crippen LogP contribution in [0.2, 0.25) is 5.02 Å². The van der Waals surface area contributed by atoms with Gasteiger partial charge in [-0.3, -0.25) is 4.79 Å². The Bertz CT molecular complexity index is 481. The lowest BCUT2D eigenvalue weighted by Gasteiger charge is -2.35. The van der Waals surface area contributed by atoms with Gasteiger partial charge in [-0.2, -0.15) is 5.26 Å². The molecular formula is C13H13ClN2O. The van der Waals surface area contributed by atoms with Crippen molar-refractivity contribution >= 4 is 17.4 Å². The number of benzene rings is 1. The molecule has 3 nitrogen and oxygen atoms in total. The standard InChI is InChI=1S/C13H13ClN2O/c14-11-6-2-1-5-10(11)13(16-9-15)8-4-3-7-12(13)17/h1-2,5-6,16H,3-4,7-8H2. The summed E-state index contributed by atoms with van der Waals surface area (Å²) < 4.78 is 0. The summed E-state index contributed by atoms with van der Waals surface area (Å²) in [5, 5.41) is 12.1. The molecule has 1 atom stereocenters. The van der Waals surface area contributed by atoms with Gasteiger partial charge >= 0.3 is 0 Å². The van der Waals surface area contributed by atoms with Crippen molar-refractivity contribution < 1.29 is 4.79 Å². The van der Waals surface area contributed by atoms with Crippen molar-refractivity contribution in [2.75, 3.05) is 0 Å². The average molecular weight is 249 g/mol. The van der Waals surface area contributed by atoms with Gasteiger partial charge in [-0.1, -0.05) is 29.8 Å². The minimum atomic E-state index is -0.911. The second-order valence-corrected chi connectivity index (χ2v) is 4.66. The van der Waals surface area contributed by atoms with Crippen molar-refractivity contribution in [3.63, 3.8) is 0 Å². The monoisotopic (exact) mass is 248 g/mol. The molecule has 0 amide bonds. The van der Waals surface area contributed by atoms with Crippen molar-refractivity contribution in [3.8, 4) is 6.19 Å². The maximum Gasteiger partial charge on any atom is 0.177 e. The lowest BCUT2D eigenvalue weighted by Crippen LogP contribution is -2.49. The quantitative estimate of drug-likeness (QED) is 0.647. The first-order valence-electron chi connectivity index (χ1n) is 5.65. The van der Waals surface area contributed by atoms with Gasteiger partial charge in [-0.15, -0.1) is 0 Å². The third-order valence-electron chi connectivity index (χ3n) is 3.28. The van der Waals surface area contributed by atoms with Gasteiger partial charge < -0.3 is 5.32 Å². The Morgan fingerprint density at radius 2 is 2.12 bits per heavy atom. The molecule has 4 heteroatoms. The topological polar surface area (TPSA) is 52.9 Å². The van der Waals surface area contributed by atoms with Gasteiger partial charge in [-0.05, 0) is 25.3 Å². The molecule has 1 aliphatic rings. The highest BCUT2D eigenvalue weighted by Gasteiger charge is 2.42. The van der Waals surface area contributed by atoms with Crippen LogP contribution in [0.25, 0.3) is 0 Å². The molecule has 2 rings (SSSR count). The predicted molar refractivity (Wildman–Crippen MR) is 65.4 cm³/mol. The number of carbonyl (C=O) groups is 1. The fraction of sp³-hybridized carbons (Fsp3) is 0.385. The molecule has 0 radical (unpaired) electrons. The third kappa shape index (κ3) is 2.01. The van der Waals surface area contributed by atoms with E-state index in [2.05, 4.69) is 5.32 Å². The number of hydrogen-bond acceptors (Lipinski definition) is 3. The van der Waals surface area contributed by atoms with E-state index < -0.39 is 5.54 Å². The number of hydrogen-bond donors (Lipinski definition) is 1. The van der Waals surface area contributed by atoms with Crippen LogP contribution in [0.4, 0.5) is 0 Å². The summed E-state index contributed by atoms with van der Waals surface area (Å²) in [6, 6.07) is 7.22. The Labute approximate surface area is 105 Å². The largest absolute Gasteiger partial charge is 0.306 e. The number of Topliss-reactive ketones (excluding diaryl/α,β-unsaturated/α-hetero) is 1. The lowest BCUT2D eigenvalue weighted by molar-refractivity contribution is -0.127. The van der Waals surface area contributed by atoms with Gasteiger partial charge in [0.15, 0.2) is 12.0 Å². The summed E-state index contributed by atoms with van der Waals surface area (Å²) in [5.74, 6) is 0.0541. The number of ketones is 1. The highest BCUT2D eigenvalue weighted by Crippen LogP contribution is 2.37. The first kappa shape index (κ1) is 11.9. The van der Waals surface area contributed by atoms with Gasteiger partial charge in [0, 0.05) is 17.0 Å². The van der Waals surface area contributed by atoms with E-state index in [-0.39, 0.29) is 5.78 Å². The van der Waals surface area contributed by atoms with E-state index in [9.17, 15) is 4.79 Å². The number of halogens is 1. The second-order valence-electron chi connectivity index (χ2n) is 4.25. The van der Waals surface area contributed by atoms with Crippen molar-refractivity contribution in [3.05, 3.63) is 34.9 Å². The maximum atomic E-state index is 12.2. The molecule has 0 spiro atoms. The highest BCUT2D eigenvalue weighted by atomic mass is 35.5. The molecular weight excluding hydrogens is 236 g/mol. The number of carbonyl (C=O) groups excluding carboxylic acids is 1. The molecule has 0 aliphatic heterocycles. The molecule has 1 unspecified atom stereocenters. The van der Waals surface area contributed by atoms with Gasteiger partial charge in [-0.25, -0.2) is 0 Å². The first-order chi connectivity index (χ1) is 8.20. The Balaban J connectivity index is 2.51. The van der Waals surface area contributed by atoms with Gasteiger partial charge in [0.1, 0.15) is 5.54 Å². The van der Waals surface area contributed by atoms with Crippen LogP contribution in [0.3, 0.4) is 0 Å². The fourth-order valence-electron chi connectivity index (χ4n) is 2.42. The average Bonchev–Trinajstić information content (AvgIpc) is 2.33. The molecule has 0 heterocycles. The SMILES string of the molecule is N#CNC1(c2ccccc2Cl)CCCCC1=O. The van der Waals surface area contributed by atoms with Gasteiger partial charge in [0.05, 0.1) is 0 Å². The molecule has 0 saturated heterocycles. The number of rotatable bonds is 2. The summed E-state index contributed by atoms with van der Waals surface area (Å²) in [6.45, 7) is 0. The fourth-order valence-corrected chi connectivity index (χ4v) is 2.71. The number of nitrogens with zero attached hydrogens (tertiary/aromatic N) is 1. The van der Waals surface area contributed by atoms with Crippen LogP contribution in [0, 0.1) is 11.5 Å². The summed E-state index contributed by atoms with van der Waals surface area (Å²) in [4.78, 5) is 12.2. The van der Waals surface area contributed by atoms with E-state index in [1.54, 1.807) is 6.07 Å². The van der Waals surface area contributed by atoms with Gasteiger partial charge in [0.25, 0.3) is 0 Å². The van der Waals surface area contributed by atoms with E-state index in [1.165, 1.54) is 0 Å². The summed E-state index contributed by atoms with van der Waals surface area (Å²) >= 11 is 6.15. The van der Waals surface area contributed by atoms with Crippen LogP contribution < -0.4 is 5.32 Å². The molecule has 1 N–H and O–H groups in total. The minimum absolute atomic E-state index is 0.0541. The number of nitriles is 1. The molecule has 0 bridgehead atoms. The zero-order valence-corrected chi connectivity index (χ0v) is 10.1. The van der Waals surface area contributed by atoms with Crippen molar-refractivity contribution in [2.24, 2.45) is 0 Å². The van der Waals surface area contributed by atoms with E-state index >= 15 is 0 Å². The summed E-state index contributed by atoms with van der Waals surface area (Å²) in [7, 11) is 0. The normalized spacial score (nSPS) is 24.1. The summed E-state index contributed by atoms with van der Waals surface area (Å²) in [6.07, 6.45) is 4.84. The zero-order valence-electron chi connectivity index (χ0n) is 9.37. The third-order valence-corrected chi connectivity index (χ3v) is 3.61. The molecule has 1 saturated carbocycles. The minimum Gasteiger partial charge on any atom is -0.306 e. The van der Waals surface area contributed by atoms with E-state index in [1.807, 2.05) is 24.4 Å². The lowest BCUT2D eigenvalue weighted by atomic mass is 9.75. The molecule has 1 aliphatic carbocycles. The van der Waals surface area contributed by atoms with Crippen LogP contribution in [-0.2, 0) is 10.3 Å². The van der Waals surface area contributed by atoms with Crippen LogP contribution in [0.15, 0.2) is 24.3 Å². The second kappa shape index (κ2) is 4.77. The smallest absolute Gasteiger partial charge is 0.177 e. The van der Waals surface area contributed by atoms with Crippen LogP contribution in [0.5, 0.6) is 0 Å². The van der Waals surface area contributed by atoms with Gasteiger partial charge in [0.2, 0.25) is 0 Å². The maximum absolute atomic E-state index is 12.2. The van der Waals surface area contributed by atoms with Crippen LogP contribution >= 0.6 is 11.6 Å². The molecule has 1 fully saturated rings. The predicted octanol–water partition coefficient (Wildman–Crippen LogP) is 2.75. The van der Waals surface area contributed by atoms with Crippen molar-refractivity contribution in [1.29, 1.82) is 5.26 Å². The first-order valence-corrected chi connectivity index (χ1v) is 6.03. The Morgan fingerprint density at radius 3 is 2.76 bits per heavy atom. The van der Waals surface area contributed by atoms with Crippen LogP contribution in [0.1, 0.15) is 31.2 Å². The van der Waals surface area contributed by atoms with Crippen molar-refractivity contribution in [1.82, 2.24) is 5.32 Å². The van der Waals surface area contributed by atoms with Crippen molar-refractivity contribution in [2.45, 2.75) is 31.2 Å². The Morgan fingerprint density at radius 1 is 1.35 bits per heavy atom. The molecule has 17 heavy (non-hydrogen) atoms.